The monoisotopic (exact) mass is 282 g/mol. The fourth-order valence-corrected chi connectivity index (χ4v) is 1.67. The number of pyridine rings is 1. The van der Waals surface area contributed by atoms with Crippen LogP contribution in [0.3, 0.4) is 0 Å². The smallest absolute Gasteiger partial charge is 0.339 e. The number of ether oxygens (including phenoxy) is 2. The van der Waals surface area contributed by atoms with Gasteiger partial charge in [0.2, 0.25) is 0 Å². The van der Waals surface area contributed by atoms with E-state index in [1.165, 1.54) is 6.20 Å². The second kappa shape index (κ2) is 9.28. The van der Waals surface area contributed by atoms with Crippen LogP contribution >= 0.6 is 0 Å². The fourth-order valence-electron chi connectivity index (χ4n) is 1.67. The highest BCUT2D eigenvalue weighted by Gasteiger charge is 2.10. The van der Waals surface area contributed by atoms with Gasteiger partial charge < -0.3 is 19.9 Å². The number of carboxylic acid groups (broad SMARTS) is 1. The van der Waals surface area contributed by atoms with Gasteiger partial charge in [0.1, 0.15) is 5.56 Å². The van der Waals surface area contributed by atoms with Gasteiger partial charge >= 0.3 is 5.97 Å². The van der Waals surface area contributed by atoms with E-state index in [0.29, 0.717) is 32.1 Å². The molecule has 0 amide bonds. The summed E-state index contributed by atoms with van der Waals surface area (Å²) in [4.78, 5) is 15.1. The maximum absolute atomic E-state index is 11.1. The molecule has 0 saturated carbocycles. The number of aryl methyl sites for hydroxylation is 1. The number of aromatic carboxylic acids is 1. The van der Waals surface area contributed by atoms with Gasteiger partial charge in [-0.3, -0.25) is 4.98 Å². The number of methoxy groups -OCH3 is 1. The van der Waals surface area contributed by atoms with Crippen molar-refractivity contribution in [3.8, 4) is 0 Å². The Kier molecular flexibility index (Phi) is 7.60. The Morgan fingerprint density at radius 3 is 2.85 bits per heavy atom. The van der Waals surface area contributed by atoms with Gasteiger partial charge in [0.05, 0.1) is 18.9 Å². The third kappa shape index (κ3) is 5.99. The van der Waals surface area contributed by atoms with Crippen molar-refractivity contribution in [2.24, 2.45) is 0 Å². The SMILES string of the molecule is COCCOCCCCNc1cc(C)ncc1C(=O)O. The molecule has 0 aromatic carbocycles. The predicted molar refractivity (Wildman–Crippen MR) is 76.4 cm³/mol. The van der Waals surface area contributed by atoms with Crippen molar-refractivity contribution in [3.63, 3.8) is 0 Å². The molecular weight excluding hydrogens is 260 g/mol. The van der Waals surface area contributed by atoms with E-state index in [0.717, 1.165) is 18.5 Å². The highest BCUT2D eigenvalue weighted by molar-refractivity contribution is 5.93. The average molecular weight is 282 g/mol. The molecule has 1 rings (SSSR count). The summed E-state index contributed by atoms with van der Waals surface area (Å²) in [7, 11) is 1.64. The van der Waals surface area contributed by atoms with Crippen LogP contribution in [0.1, 0.15) is 28.9 Å². The first-order valence-corrected chi connectivity index (χ1v) is 6.65. The van der Waals surface area contributed by atoms with E-state index in [1.54, 1.807) is 13.2 Å². The maximum atomic E-state index is 11.1. The zero-order valence-electron chi connectivity index (χ0n) is 12.0. The minimum absolute atomic E-state index is 0.201. The summed E-state index contributed by atoms with van der Waals surface area (Å²) in [6, 6.07) is 1.75. The second-order valence-electron chi connectivity index (χ2n) is 4.42. The van der Waals surface area contributed by atoms with Crippen molar-refractivity contribution in [2.75, 3.05) is 38.8 Å². The van der Waals surface area contributed by atoms with Crippen LogP contribution in [-0.4, -0.2) is 49.5 Å². The molecule has 0 atom stereocenters. The van der Waals surface area contributed by atoms with Crippen molar-refractivity contribution in [1.29, 1.82) is 0 Å². The lowest BCUT2D eigenvalue weighted by Crippen LogP contribution is -2.10. The third-order valence-electron chi connectivity index (χ3n) is 2.73. The minimum Gasteiger partial charge on any atom is -0.478 e. The zero-order valence-corrected chi connectivity index (χ0v) is 12.0. The van der Waals surface area contributed by atoms with Crippen LogP contribution in [0.4, 0.5) is 5.69 Å². The molecule has 0 unspecified atom stereocenters. The van der Waals surface area contributed by atoms with Gasteiger partial charge in [0.15, 0.2) is 0 Å². The van der Waals surface area contributed by atoms with E-state index in [1.807, 2.05) is 6.92 Å². The number of anilines is 1. The molecular formula is C14H22N2O4. The number of carboxylic acids is 1. The summed E-state index contributed by atoms with van der Waals surface area (Å²) in [5, 5.41) is 12.2. The average Bonchev–Trinajstić information content (AvgIpc) is 2.41. The summed E-state index contributed by atoms with van der Waals surface area (Å²) >= 11 is 0. The zero-order chi connectivity index (χ0) is 14.8. The molecule has 1 aromatic heterocycles. The van der Waals surface area contributed by atoms with Crippen LogP contribution in [0.2, 0.25) is 0 Å². The number of unbranched alkanes of at least 4 members (excludes halogenated alkanes) is 1. The summed E-state index contributed by atoms with van der Waals surface area (Å²) in [6.07, 6.45) is 3.21. The van der Waals surface area contributed by atoms with E-state index in [-0.39, 0.29) is 5.56 Å². The van der Waals surface area contributed by atoms with Crippen LogP contribution in [0, 0.1) is 6.92 Å². The molecule has 112 valence electrons. The molecule has 6 heteroatoms. The summed E-state index contributed by atoms with van der Waals surface area (Å²) in [5.41, 5.74) is 1.61. The standard InChI is InChI=1S/C14H22N2O4/c1-11-9-13(12(10-16-11)14(17)18)15-5-3-4-6-20-8-7-19-2/h9-10H,3-8H2,1-2H3,(H,15,16)(H,17,18). The predicted octanol–water partition coefficient (Wildman–Crippen LogP) is 1.94. The van der Waals surface area contributed by atoms with Crippen LogP contribution in [0.25, 0.3) is 0 Å². The Bertz CT molecular complexity index is 424. The van der Waals surface area contributed by atoms with Crippen LogP contribution in [0.15, 0.2) is 12.3 Å². The number of nitrogens with zero attached hydrogens (tertiary/aromatic N) is 1. The first-order valence-electron chi connectivity index (χ1n) is 6.65. The Balaban J connectivity index is 2.28. The highest BCUT2D eigenvalue weighted by atomic mass is 16.5. The topological polar surface area (TPSA) is 80.7 Å². The van der Waals surface area contributed by atoms with Crippen molar-refractivity contribution in [1.82, 2.24) is 4.98 Å². The largest absolute Gasteiger partial charge is 0.478 e. The molecule has 6 nitrogen and oxygen atoms in total. The lowest BCUT2D eigenvalue weighted by atomic mass is 10.2. The van der Waals surface area contributed by atoms with Gasteiger partial charge in [-0.25, -0.2) is 4.79 Å². The lowest BCUT2D eigenvalue weighted by molar-refractivity contribution is 0.0690. The third-order valence-corrected chi connectivity index (χ3v) is 2.73. The van der Waals surface area contributed by atoms with Crippen molar-refractivity contribution >= 4 is 11.7 Å². The lowest BCUT2D eigenvalue weighted by Gasteiger charge is -2.10. The summed E-state index contributed by atoms with van der Waals surface area (Å²) < 4.78 is 10.2. The molecule has 0 fully saturated rings. The van der Waals surface area contributed by atoms with E-state index in [4.69, 9.17) is 14.6 Å². The highest BCUT2D eigenvalue weighted by Crippen LogP contribution is 2.15. The molecule has 20 heavy (non-hydrogen) atoms. The van der Waals surface area contributed by atoms with Gasteiger partial charge in [0.25, 0.3) is 0 Å². The Morgan fingerprint density at radius 2 is 2.15 bits per heavy atom. The molecule has 0 aliphatic carbocycles. The van der Waals surface area contributed by atoms with Gasteiger partial charge in [-0.05, 0) is 25.8 Å². The molecule has 2 N–H and O–H groups in total. The number of nitrogens with one attached hydrogen (secondary N) is 1. The normalized spacial score (nSPS) is 10.5. The van der Waals surface area contributed by atoms with E-state index in [9.17, 15) is 4.79 Å². The molecule has 1 heterocycles. The molecule has 0 saturated heterocycles. The Hall–Kier alpha value is -1.66. The van der Waals surface area contributed by atoms with Crippen molar-refractivity contribution < 1.29 is 19.4 Å². The van der Waals surface area contributed by atoms with Gasteiger partial charge in [-0.1, -0.05) is 0 Å². The molecule has 0 radical (unpaired) electrons. The first kappa shape index (κ1) is 16.4. The van der Waals surface area contributed by atoms with Gasteiger partial charge in [-0.15, -0.1) is 0 Å². The number of aromatic nitrogens is 1. The van der Waals surface area contributed by atoms with Crippen LogP contribution in [0.5, 0.6) is 0 Å². The maximum Gasteiger partial charge on any atom is 0.339 e. The first-order chi connectivity index (χ1) is 9.65. The number of hydrogen-bond donors (Lipinski definition) is 2. The number of hydrogen-bond acceptors (Lipinski definition) is 5. The van der Waals surface area contributed by atoms with Crippen LogP contribution < -0.4 is 5.32 Å². The summed E-state index contributed by atoms with van der Waals surface area (Å²) in [5.74, 6) is -0.970. The molecule has 0 aliphatic rings. The van der Waals surface area contributed by atoms with E-state index >= 15 is 0 Å². The molecule has 1 aromatic rings. The van der Waals surface area contributed by atoms with E-state index in [2.05, 4.69) is 10.3 Å². The van der Waals surface area contributed by atoms with E-state index < -0.39 is 5.97 Å². The summed E-state index contributed by atoms with van der Waals surface area (Å²) in [6.45, 7) is 4.44. The van der Waals surface area contributed by atoms with Crippen molar-refractivity contribution in [3.05, 3.63) is 23.5 Å². The van der Waals surface area contributed by atoms with Gasteiger partial charge in [0, 0.05) is 32.2 Å². The van der Waals surface area contributed by atoms with Crippen molar-refractivity contribution in [2.45, 2.75) is 19.8 Å². The number of rotatable bonds is 10. The minimum atomic E-state index is -0.970. The Labute approximate surface area is 119 Å². The Morgan fingerprint density at radius 1 is 1.35 bits per heavy atom. The quantitative estimate of drug-likeness (QED) is 0.638. The van der Waals surface area contributed by atoms with Crippen LogP contribution in [-0.2, 0) is 9.47 Å². The molecule has 0 bridgehead atoms. The van der Waals surface area contributed by atoms with Gasteiger partial charge in [-0.2, -0.15) is 0 Å². The number of carbonyl (C=O) groups is 1. The second-order valence-corrected chi connectivity index (χ2v) is 4.42. The molecule has 0 spiro atoms. The molecule has 0 aliphatic heterocycles. The fraction of sp³-hybridized carbons (Fsp3) is 0.571.